The highest BCUT2D eigenvalue weighted by molar-refractivity contribution is 5.96. The number of rotatable bonds is 5. The van der Waals surface area contributed by atoms with E-state index < -0.39 is 0 Å². The molecule has 0 heterocycles. The summed E-state index contributed by atoms with van der Waals surface area (Å²) in [7, 11) is 1.94. The van der Waals surface area contributed by atoms with Crippen molar-refractivity contribution in [1.29, 1.82) is 0 Å². The molecule has 0 aromatic heterocycles. The lowest BCUT2D eigenvalue weighted by Gasteiger charge is -2.15. The molecule has 0 atom stereocenters. The lowest BCUT2D eigenvalue weighted by atomic mass is 10.1. The van der Waals surface area contributed by atoms with Crippen LogP contribution in [0.4, 0.5) is 0 Å². The molecule has 4 N–H and O–H groups in total. The Hall–Kier alpha value is -1.59. The maximum atomic E-state index is 8.76. The topological polar surface area (TPSA) is 82.1 Å². The summed E-state index contributed by atoms with van der Waals surface area (Å²) < 4.78 is 0. The Morgan fingerprint density at radius 2 is 2.00 bits per heavy atom. The normalized spacial score (nSPS) is 12.1. The molecule has 0 radical (unpaired) electrons. The number of amidine groups is 1. The van der Waals surface area contributed by atoms with Crippen molar-refractivity contribution >= 4 is 5.84 Å². The lowest BCUT2D eigenvalue weighted by Crippen LogP contribution is -2.21. The van der Waals surface area contributed by atoms with E-state index in [1.165, 1.54) is 0 Å². The standard InChI is InChI=1S/C11H17N3O2/c1-14(6-7-15)8-9-2-4-10(5-3-9)11(12)13-16/h2-5,15-16H,6-8H2,1H3,(H2,12,13). The van der Waals surface area contributed by atoms with E-state index in [2.05, 4.69) is 5.16 Å². The molecule has 0 saturated carbocycles. The first kappa shape index (κ1) is 12.5. The van der Waals surface area contributed by atoms with Gasteiger partial charge in [-0.05, 0) is 12.6 Å². The van der Waals surface area contributed by atoms with E-state index in [0.29, 0.717) is 12.1 Å². The zero-order chi connectivity index (χ0) is 12.0. The first-order valence-electron chi connectivity index (χ1n) is 5.03. The molecule has 1 aromatic rings. The molecule has 1 rings (SSSR count). The fraction of sp³-hybridized carbons (Fsp3) is 0.364. The van der Waals surface area contributed by atoms with Gasteiger partial charge in [-0.1, -0.05) is 29.4 Å². The van der Waals surface area contributed by atoms with Crippen LogP contribution in [0.1, 0.15) is 11.1 Å². The molecule has 0 bridgehead atoms. The summed E-state index contributed by atoms with van der Waals surface area (Å²) >= 11 is 0. The van der Waals surface area contributed by atoms with Gasteiger partial charge in [0.25, 0.3) is 0 Å². The molecule has 5 nitrogen and oxygen atoms in total. The van der Waals surface area contributed by atoms with Gasteiger partial charge in [0.05, 0.1) is 6.61 Å². The van der Waals surface area contributed by atoms with Gasteiger partial charge in [0, 0.05) is 18.7 Å². The smallest absolute Gasteiger partial charge is 0.170 e. The lowest BCUT2D eigenvalue weighted by molar-refractivity contribution is 0.217. The molecule has 88 valence electrons. The molecule has 0 aliphatic heterocycles. The van der Waals surface area contributed by atoms with Crippen LogP contribution in [0.2, 0.25) is 0 Å². The van der Waals surface area contributed by atoms with Crippen LogP contribution in [0, 0.1) is 0 Å². The van der Waals surface area contributed by atoms with Crippen LogP contribution in [0.25, 0.3) is 0 Å². The maximum absolute atomic E-state index is 8.76. The minimum Gasteiger partial charge on any atom is -0.409 e. The molecule has 0 amide bonds. The van der Waals surface area contributed by atoms with Gasteiger partial charge in [0.15, 0.2) is 5.84 Å². The number of nitrogens with two attached hydrogens (primary N) is 1. The Morgan fingerprint density at radius 1 is 1.38 bits per heavy atom. The zero-order valence-corrected chi connectivity index (χ0v) is 9.30. The van der Waals surface area contributed by atoms with Crippen LogP contribution < -0.4 is 5.73 Å². The molecule has 0 spiro atoms. The molecule has 0 unspecified atom stereocenters. The third kappa shape index (κ3) is 3.52. The van der Waals surface area contributed by atoms with Gasteiger partial charge < -0.3 is 16.0 Å². The van der Waals surface area contributed by atoms with Crippen molar-refractivity contribution in [3.63, 3.8) is 0 Å². The second-order valence-corrected chi connectivity index (χ2v) is 3.64. The molecular weight excluding hydrogens is 206 g/mol. The summed E-state index contributed by atoms with van der Waals surface area (Å²) in [6.07, 6.45) is 0. The molecule has 0 aliphatic carbocycles. The number of hydrogen-bond acceptors (Lipinski definition) is 4. The molecule has 5 heteroatoms. The summed E-state index contributed by atoms with van der Waals surface area (Å²) in [5.74, 6) is 0.107. The van der Waals surface area contributed by atoms with E-state index in [1.807, 2.05) is 24.1 Å². The highest BCUT2D eigenvalue weighted by atomic mass is 16.4. The second kappa shape index (κ2) is 6.09. The Balaban J connectivity index is 2.64. The van der Waals surface area contributed by atoms with Crippen molar-refractivity contribution in [3.8, 4) is 0 Å². The van der Waals surface area contributed by atoms with E-state index in [9.17, 15) is 0 Å². The molecule has 0 aliphatic rings. The van der Waals surface area contributed by atoms with Crippen LogP contribution in [-0.4, -0.2) is 41.2 Å². The third-order valence-electron chi connectivity index (χ3n) is 2.29. The monoisotopic (exact) mass is 223 g/mol. The Kier molecular flexibility index (Phi) is 4.75. The molecule has 0 saturated heterocycles. The minimum absolute atomic E-state index is 0.107. The number of aliphatic hydroxyl groups excluding tert-OH is 1. The molecule has 16 heavy (non-hydrogen) atoms. The summed E-state index contributed by atoms with van der Waals surface area (Å²) in [6, 6.07) is 7.44. The zero-order valence-electron chi connectivity index (χ0n) is 9.30. The van der Waals surface area contributed by atoms with E-state index in [-0.39, 0.29) is 12.4 Å². The number of aliphatic hydroxyl groups is 1. The number of oxime groups is 1. The summed E-state index contributed by atoms with van der Waals surface area (Å²) in [5, 5.41) is 20.2. The van der Waals surface area contributed by atoms with Crippen LogP contribution >= 0.6 is 0 Å². The van der Waals surface area contributed by atoms with Crippen LogP contribution in [-0.2, 0) is 6.54 Å². The van der Waals surface area contributed by atoms with Crippen LogP contribution in [0.5, 0.6) is 0 Å². The van der Waals surface area contributed by atoms with Gasteiger partial charge in [-0.15, -0.1) is 0 Å². The highest BCUT2D eigenvalue weighted by Gasteiger charge is 2.01. The van der Waals surface area contributed by atoms with Crippen molar-refractivity contribution in [2.24, 2.45) is 10.9 Å². The largest absolute Gasteiger partial charge is 0.409 e. The number of hydrogen-bond donors (Lipinski definition) is 3. The van der Waals surface area contributed by atoms with Crippen LogP contribution in [0.15, 0.2) is 29.4 Å². The fourth-order valence-corrected chi connectivity index (χ4v) is 1.40. The predicted octanol–water partition coefficient (Wildman–Crippen LogP) is 0.205. The van der Waals surface area contributed by atoms with Gasteiger partial charge in [-0.25, -0.2) is 0 Å². The van der Waals surface area contributed by atoms with Gasteiger partial charge in [-0.3, -0.25) is 4.90 Å². The van der Waals surface area contributed by atoms with Crippen molar-refractivity contribution in [3.05, 3.63) is 35.4 Å². The van der Waals surface area contributed by atoms with E-state index >= 15 is 0 Å². The van der Waals surface area contributed by atoms with Crippen molar-refractivity contribution in [2.45, 2.75) is 6.54 Å². The maximum Gasteiger partial charge on any atom is 0.170 e. The summed E-state index contributed by atoms with van der Waals surface area (Å²) in [6.45, 7) is 1.55. The Labute approximate surface area is 94.8 Å². The number of likely N-dealkylation sites (N-methyl/N-ethyl adjacent to an activating group) is 1. The molecule has 0 fully saturated rings. The fourth-order valence-electron chi connectivity index (χ4n) is 1.40. The van der Waals surface area contributed by atoms with Gasteiger partial charge in [0.2, 0.25) is 0 Å². The van der Waals surface area contributed by atoms with E-state index in [1.54, 1.807) is 12.1 Å². The Morgan fingerprint density at radius 3 is 2.50 bits per heavy atom. The second-order valence-electron chi connectivity index (χ2n) is 3.64. The Bertz CT molecular complexity index is 349. The van der Waals surface area contributed by atoms with Gasteiger partial charge >= 0.3 is 0 Å². The SMILES string of the molecule is CN(CCO)Cc1ccc(C(N)=NO)cc1. The molecule has 1 aromatic carbocycles. The highest BCUT2D eigenvalue weighted by Crippen LogP contribution is 2.06. The third-order valence-corrected chi connectivity index (χ3v) is 2.29. The van der Waals surface area contributed by atoms with Gasteiger partial charge in [0.1, 0.15) is 0 Å². The predicted molar refractivity (Wildman–Crippen MR) is 62.4 cm³/mol. The molecular formula is C11H17N3O2. The van der Waals surface area contributed by atoms with Crippen molar-refractivity contribution in [2.75, 3.05) is 20.2 Å². The quantitative estimate of drug-likeness (QED) is 0.288. The number of benzene rings is 1. The van der Waals surface area contributed by atoms with Crippen molar-refractivity contribution in [1.82, 2.24) is 4.90 Å². The minimum atomic E-state index is 0.107. The van der Waals surface area contributed by atoms with E-state index in [4.69, 9.17) is 16.0 Å². The average molecular weight is 223 g/mol. The average Bonchev–Trinajstić information content (AvgIpc) is 2.29. The van der Waals surface area contributed by atoms with Crippen LogP contribution in [0.3, 0.4) is 0 Å². The first-order valence-corrected chi connectivity index (χ1v) is 5.03. The first-order chi connectivity index (χ1) is 7.67. The summed E-state index contributed by atoms with van der Waals surface area (Å²) in [4.78, 5) is 2.01. The number of nitrogens with zero attached hydrogens (tertiary/aromatic N) is 2. The van der Waals surface area contributed by atoms with E-state index in [0.717, 1.165) is 12.1 Å². The van der Waals surface area contributed by atoms with Gasteiger partial charge in [-0.2, -0.15) is 0 Å². The summed E-state index contributed by atoms with van der Waals surface area (Å²) in [5.41, 5.74) is 7.26. The van der Waals surface area contributed by atoms with Crippen molar-refractivity contribution < 1.29 is 10.3 Å².